The number of carbonyl (C=O) groups excluding carboxylic acids is 1. The van der Waals surface area contributed by atoms with Crippen LogP contribution in [-0.4, -0.2) is 65.8 Å². The van der Waals surface area contributed by atoms with E-state index in [0.717, 1.165) is 65.8 Å². The fourth-order valence-electron chi connectivity index (χ4n) is 4.99. The Bertz CT molecular complexity index is 1460. The van der Waals surface area contributed by atoms with Gasteiger partial charge < -0.3 is 19.7 Å². The quantitative estimate of drug-likeness (QED) is 0.238. The standard InChI is InChI=1S/C29H26N5O3.C2H6.H2/c35-26(8-4-5-19-17-37-18-19)22-16-25-27(23-15-21(22)23)28(33-11-13-36-14-12-33)31-29(30-25)34-10-9-24(32-34)20-6-2-1-3-7-20;1-2;/h1-3,6-7,9-10,15-16,19,29-30H,5,11-14,17-18H2;1-2H3;1H. The van der Waals surface area contributed by atoms with E-state index in [2.05, 4.69) is 28.5 Å². The minimum Gasteiger partial charge on any atom is -0.381 e. The predicted octanol–water partition coefficient (Wildman–Crippen LogP) is 4.62. The van der Waals surface area contributed by atoms with E-state index in [1.165, 1.54) is 0 Å². The fraction of sp³-hybridized carbons (Fsp3) is 0.355. The zero-order chi connectivity index (χ0) is 26.8. The molecule has 2 fully saturated rings. The van der Waals surface area contributed by atoms with Crippen molar-refractivity contribution >= 4 is 17.3 Å². The number of ether oxygens (including phenoxy) is 2. The van der Waals surface area contributed by atoms with Crippen LogP contribution in [0.3, 0.4) is 0 Å². The third-order valence-corrected chi connectivity index (χ3v) is 7.15. The Labute approximate surface area is 230 Å². The summed E-state index contributed by atoms with van der Waals surface area (Å²) in [4.78, 5) is 20.4. The Hall–Kier alpha value is -3.93. The molecule has 4 aliphatic rings. The summed E-state index contributed by atoms with van der Waals surface area (Å²) >= 11 is 0. The van der Waals surface area contributed by atoms with Crippen molar-refractivity contribution in [3.63, 3.8) is 0 Å². The molecule has 1 unspecified atom stereocenters. The van der Waals surface area contributed by atoms with E-state index in [4.69, 9.17) is 19.6 Å². The highest BCUT2D eigenvalue weighted by atomic mass is 16.5. The molecule has 0 amide bonds. The van der Waals surface area contributed by atoms with Gasteiger partial charge >= 0.3 is 0 Å². The second kappa shape index (κ2) is 11.0. The Morgan fingerprint density at radius 1 is 1.10 bits per heavy atom. The van der Waals surface area contributed by atoms with Gasteiger partial charge in [-0.1, -0.05) is 50.1 Å². The molecule has 0 spiro atoms. The van der Waals surface area contributed by atoms with Crippen molar-refractivity contribution in [1.29, 1.82) is 0 Å². The lowest BCUT2D eigenvalue weighted by molar-refractivity contribution is -0.0289. The highest BCUT2D eigenvalue weighted by Gasteiger charge is 2.37. The molecule has 0 bridgehead atoms. The number of fused-ring (bicyclic) bond motifs is 3. The molecule has 201 valence electrons. The summed E-state index contributed by atoms with van der Waals surface area (Å²) in [5, 5.41) is 8.34. The Kier molecular flexibility index (Phi) is 7.18. The first kappa shape index (κ1) is 25.4. The first-order chi connectivity index (χ1) is 19.2. The molecular weight excluding hydrogens is 490 g/mol. The van der Waals surface area contributed by atoms with E-state index in [-0.39, 0.29) is 7.21 Å². The van der Waals surface area contributed by atoms with Gasteiger partial charge in [0.2, 0.25) is 12.1 Å². The Morgan fingerprint density at radius 3 is 2.64 bits per heavy atom. The Balaban J connectivity index is 0.00000105. The minimum absolute atomic E-state index is 0. The number of hydrogen-bond donors (Lipinski definition) is 1. The summed E-state index contributed by atoms with van der Waals surface area (Å²) in [6.07, 6.45) is 4.26. The number of nitrogens with one attached hydrogen (secondary N) is 1. The van der Waals surface area contributed by atoms with Gasteiger partial charge in [0.1, 0.15) is 5.84 Å². The zero-order valence-corrected chi connectivity index (χ0v) is 22.3. The largest absolute Gasteiger partial charge is 0.381 e. The average molecular weight is 525 g/mol. The van der Waals surface area contributed by atoms with Gasteiger partial charge in [-0.2, -0.15) is 5.10 Å². The molecule has 0 saturated carbocycles. The van der Waals surface area contributed by atoms with Crippen LogP contribution in [-0.2, 0) is 9.47 Å². The lowest BCUT2D eigenvalue weighted by Crippen LogP contribution is -2.43. The van der Waals surface area contributed by atoms with Crippen molar-refractivity contribution in [2.75, 3.05) is 44.8 Å². The van der Waals surface area contributed by atoms with Crippen LogP contribution in [0.15, 0.2) is 53.7 Å². The summed E-state index contributed by atoms with van der Waals surface area (Å²) < 4.78 is 12.6. The molecule has 2 aromatic carbocycles. The summed E-state index contributed by atoms with van der Waals surface area (Å²) in [7, 11) is 0. The number of amidine groups is 1. The second-order valence-electron chi connectivity index (χ2n) is 9.67. The number of Topliss-reactive ketones (excluding diaryl/α,β-unsaturated/α-hetero) is 1. The van der Waals surface area contributed by atoms with E-state index < -0.39 is 6.29 Å². The van der Waals surface area contributed by atoms with Crippen molar-refractivity contribution in [3.8, 4) is 23.1 Å². The van der Waals surface area contributed by atoms with Gasteiger partial charge in [0.05, 0.1) is 32.1 Å². The number of morpholine rings is 1. The maximum Gasteiger partial charge on any atom is 0.236 e. The number of benzene rings is 2. The van der Waals surface area contributed by atoms with Gasteiger partial charge in [0, 0.05) is 61.9 Å². The topological polar surface area (TPSA) is 81.0 Å². The molecule has 3 aromatic rings. The van der Waals surface area contributed by atoms with Gasteiger partial charge in [-0.3, -0.25) is 4.79 Å². The van der Waals surface area contributed by atoms with Crippen LogP contribution in [0.1, 0.15) is 55.0 Å². The van der Waals surface area contributed by atoms with Crippen molar-refractivity contribution in [1.82, 2.24) is 14.7 Å². The second-order valence-corrected chi connectivity index (χ2v) is 9.67. The third-order valence-electron chi connectivity index (χ3n) is 7.15. The number of anilines is 1. The molecule has 2 saturated heterocycles. The molecule has 8 nitrogen and oxygen atoms in total. The third kappa shape index (κ3) is 5.08. The van der Waals surface area contributed by atoms with Crippen LogP contribution in [0.25, 0.3) is 11.3 Å². The summed E-state index contributed by atoms with van der Waals surface area (Å²) in [5.41, 5.74) is 6.53. The summed E-state index contributed by atoms with van der Waals surface area (Å²) in [5.74, 6) is 7.12. The lowest BCUT2D eigenvalue weighted by Gasteiger charge is -2.35. The van der Waals surface area contributed by atoms with E-state index in [0.29, 0.717) is 31.1 Å². The molecule has 1 atom stereocenters. The summed E-state index contributed by atoms with van der Waals surface area (Å²) in [6.45, 7) is 8.34. The maximum atomic E-state index is 13.0. The molecule has 1 radical (unpaired) electrons. The van der Waals surface area contributed by atoms with Crippen LogP contribution in [0.4, 0.5) is 5.69 Å². The van der Waals surface area contributed by atoms with Gasteiger partial charge in [0.25, 0.3) is 0 Å². The highest BCUT2D eigenvalue weighted by Crippen LogP contribution is 2.45. The highest BCUT2D eigenvalue weighted by molar-refractivity contribution is 6.16. The number of nitrogens with zero attached hydrogens (tertiary/aromatic N) is 4. The predicted molar refractivity (Wildman–Crippen MR) is 153 cm³/mol. The SMILES string of the molecule is CC.O=C(C#CCC1COC1)c1cc2c(c3c1[CH]3)C(N1CCOCC1)=NC(n1ccc(-c3ccccc3)n1)N2.[HH]. The van der Waals surface area contributed by atoms with Crippen molar-refractivity contribution in [2.45, 2.75) is 26.6 Å². The first-order valence-corrected chi connectivity index (χ1v) is 13.7. The molecule has 4 heterocycles. The average Bonchev–Trinajstić information content (AvgIpc) is 3.62. The van der Waals surface area contributed by atoms with Gasteiger partial charge in [-0.05, 0) is 29.2 Å². The van der Waals surface area contributed by atoms with Crippen molar-refractivity contribution in [3.05, 3.63) is 77.3 Å². The van der Waals surface area contributed by atoms with Crippen molar-refractivity contribution < 1.29 is 15.7 Å². The normalized spacial score (nSPS) is 19.1. The lowest BCUT2D eigenvalue weighted by atomic mass is 10.0. The maximum absolute atomic E-state index is 13.0. The molecule has 1 aliphatic carbocycles. The number of ketones is 1. The van der Waals surface area contributed by atoms with Crippen molar-refractivity contribution in [2.24, 2.45) is 10.9 Å². The Morgan fingerprint density at radius 2 is 1.90 bits per heavy atom. The molecule has 39 heavy (non-hydrogen) atoms. The minimum atomic E-state index is -0.438. The van der Waals surface area contributed by atoms with E-state index in [1.807, 2.05) is 67.2 Å². The molecule has 1 aromatic heterocycles. The van der Waals surface area contributed by atoms with Gasteiger partial charge in [0.15, 0.2) is 0 Å². The van der Waals surface area contributed by atoms with E-state index >= 15 is 0 Å². The van der Waals surface area contributed by atoms with Crippen LogP contribution in [0, 0.1) is 24.2 Å². The number of aliphatic imine (C=N–C) groups is 1. The number of hydrogen-bond acceptors (Lipinski definition) is 7. The fourth-order valence-corrected chi connectivity index (χ4v) is 4.99. The van der Waals surface area contributed by atoms with Gasteiger partial charge in [-0.25, -0.2) is 9.67 Å². The van der Waals surface area contributed by atoms with Crippen LogP contribution in [0.5, 0.6) is 0 Å². The molecule has 3 aliphatic heterocycles. The number of rotatable bonds is 4. The van der Waals surface area contributed by atoms with E-state index in [1.54, 1.807) is 0 Å². The molecule has 1 N–H and O–H groups in total. The smallest absolute Gasteiger partial charge is 0.236 e. The van der Waals surface area contributed by atoms with Crippen LogP contribution >= 0.6 is 0 Å². The van der Waals surface area contributed by atoms with Gasteiger partial charge in [-0.15, -0.1) is 0 Å². The zero-order valence-electron chi connectivity index (χ0n) is 22.3. The molecule has 7 rings (SSSR count). The van der Waals surface area contributed by atoms with Crippen LogP contribution in [0.2, 0.25) is 0 Å². The van der Waals surface area contributed by atoms with E-state index in [9.17, 15) is 4.79 Å². The molecule has 8 heteroatoms. The number of aromatic nitrogens is 2. The number of carbonyl (C=O) groups is 1. The van der Waals surface area contributed by atoms with Crippen LogP contribution < -0.4 is 5.32 Å². The first-order valence-electron chi connectivity index (χ1n) is 13.7. The summed E-state index contributed by atoms with van der Waals surface area (Å²) in [6, 6.07) is 14.0. The monoisotopic (exact) mass is 524 g/mol. The molecular formula is C31H34N5O3.